The molecule has 0 spiro atoms. The van der Waals surface area contributed by atoms with Crippen molar-refractivity contribution in [3.63, 3.8) is 0 Å². The number of halogens is 2. The zero-order chi connectivity index (χ0) is 36.8. The Bertz CT molecular complexity index is 2000. The van der Waals surface area contributed by atoms with Gasteiger partial charge in [-0.1, -0.05) is 11.6 Å². The Morgan fingerprint density at radius 1 is 1.00 bits per heavy atom. The van der Waals surface area contributed by atoms with Crippen molar-refractivity contribution >= 4 is 41.0 Å². The fraction of sp³-hybridized carbons (Fsp3) is 0.447. The summed E-state index contributed by atoms with van der Waals surface area (Å²) < 4.78 is 21.5. The average Bonchev–Trinajstić information content (AvgIpc) is 3.57. The van der Waals surface area contributed by atoms with Gasteiger partial charge >= 0.3 is 0 Å². The van der Waals surface area contributed by atoms with Crippen LogP contribution < -0.4 is 20.3 Å². The van der Waals surface area contributed by atoms with Crippen LogP contribution >= 0.6 is 11.6 Å². The number of hydrogen-bond donors (Lipinski definition) is 2. The average molecular weight is 741 g/mol. The van der Waals surface area contributed by atoms with Crippen molar-refractivity contribution < 1.29 is 28.3 Å². The number of benzene rings is 2. The normalized spacial score (nSPS) is 25.5. The molecule has 15 heteroatoms. The van der Waals surface area contributed by atoms with Crippen molar-refractivity contribution in [2.45, 2.75) is 94.7 Å². The molecule has 3 aromatic rings. The Labute approximate surface area is 310 Å². The minimum atomic E-state index is -0.746. The molecule has 3 saturated heterocycles. The van der Waals surface area contributed by atoms with E-state index in [0.717, 1.165) is 38.5 Å². The van der Waals surface area contributed by atoms with E-state index in [1.54, 1.807) is 30.3 Å². The van der Waals surface area contributed by atoms with Crippen LogP contribution in [0.1, 0.15) is 88.9 Å². The highest BCUT2D eigenvalue weighted by atomic mass is 35.5. The van der Waals surface area contributed by atoms with Crippen LogP contribution in [0.15, 0.2) is 42.5 Å². The second-order valence-electron chi connectivity index (χ2n) is 14.6. The molecule has 2 bridgehead atoms. The first-order valence-corrected chi connectivity index (χ1v) is 18.5. The van der Waals surface area contributed by atoms with Gasteiger partial charge in [-0.25, -0.2) is 4.39 Å². The molecule has 1 aromatic heterocycles. The topological polar surface area (TPSA) is 161 Å². The molecule has 1 saturated carbocycles. The lowest BCUT2D eigenvalue weighted by Crippen LogP contribution is -2.53. The van der Waals surface area contributed by atoms with Crippen molar-refractivity contribution in [3.05, 3.63) is 81.3 Å². The van der Waals surface area contributed by atoms with Crippen LogP contribution in [0.2, 0.25) is 5.02 Å². The van der Waals surface area contributed by atoms with Crippen LogP contribution in [0.25, 0.3) is 0 Å². The van der Waals surface area contributed by atoms with E-state index in [1.165, 1.54) is 11.0 Å². The van der Waals surface area contributed by atoms with Crippen LogP contribution in [-0.4, -0.2) is 87.0 Å². The summed E-state index contributed by atoms with van der Waals surface area (Å²) in [5.41, 5.74) is 2.13. The van der Waals surface area contributed by atoms with Gasteiger partial charge in [-0.2, -0.15) is 5.26 Å². The van der Waals surface area contributed by atoms with E-state index in [2.05, 4.69) is 30.6 Å². The van der Waals surface area contributed by atoms with Crippen molar-refractivity contribution in [1.29, 1.82) is 5.26 Å². The summed E-state index contributed by atoms with van der Waals surface area (Å²) in [6, 6.07) is 13.3. The number of hydrogen-bond acceptors (Lipinski definition) is 10. The third-order valence-corrected chi connectivity index (χ3v) is 11.6. The molecule has 0 radical (unpaired) electrons. The number of piperazine rings is 1. The van der Waals surface area contributed by atoms with Gasteiger partial charge in [0, 0.05) is 67.9 Å². The second-order valence-corrected chi connectivity index (χ2v) is 15.0. The quantitative estimate of drug-likeness (QED) is 0.325. The number of piperidine rings is 1. The van der Waals surface area contributed by atoms with Gasteiger partial charge in [0.25, 0.3) is 11.8 Å². The smallest absolute Gasteiger partial charge is 0.272 e. The molecule has 4 fully saturated rings. The Hall–Kier alpha value is -5.13. The molecule has 5 heterocycles. The summed E-state index contributed by atoms with van der Waals surface area (Å²) in [6.45, 7) is 1.97. The molecular weight excluding hydrogens is 703 g/mol. The Morgan fingerprint density at radius 2 is 1.77 bits per heavy atom. The number of amides is 4. The molecule has 13 nitrogen and oxygen atoms in total. The minimum Gasteiger partial charge on any atom is -0.490 e. The van der Waals surface area contributed by atoms with E-state index in [1.807, 2.05) is 12.1 Å². The number of carbonyl (C=O) groups is 4. The van der Waals surface area contributed by atoms with Crippen LogP contribution in [0.5, 0.6) is 5.75 Å². The Kier molecular flexibility index (Phi) is 9.46. The van der Waals surface area contributed by atoms with Crippen LogP contribution in [0.4, 0.5) is 10.2 Å². The van der Waals surface area contributed by atoms with E-state index in [0.29, 0.717) is 52.9 Å². The number of carbonyl (C=O) groups excluding carboxylic acids is 4. The molecule has 4 aliphatic heterocycles. The zero-order valence-corrected chi connectivity index (χ0v) is 29.6. The van der Waals surface area contributed by atoms with Gasteiger partial charge in [0.05, 0.1) is 16.7 Å². The summed E-state index contributed by atoms with van der Waals surface area (Å²) in [5, 5.41) is 23.5. The third kappa shape index (κ3) is 7.03. The largest absolute Gasteiger partial charge is 0.490 e. The van der Waals surface area contributed by atoms with Crippen LogP contribution in [0, 0.1) is 17.1 Å². The third-order valence-electron chi connectivity index (χ3n) is 11.3. The number of anilines is 1. The molecule has 53 heavy (non-hydrogen) atoms. The van der Waals surface area contributed by atoms with E-state index < -0.39 is 17.8 Å². The number of fused-ring (bicyclic) bond motifs is 3. The maximum absolute atomic E-state index is 15.5. The van der Waals surface area contributed by atoms with Gasteiger partial charge < -0.3 is 19.9 Å². The number of aromatic nitrogens is 2. The minimum absolute atomic E-state index is 0.00193. The van der Waals surface area contributed by atoms with Crippen molar-refractivity contribution in [2.75, 3.05) is 18.0 Å². The van der Waals surface area contributed by atoms with Gasteiger partial charge in [-0.15, -0.1) is 10.2 Å². The maximum Gasteiger partial charge on any atom is 0.272 e. The molecule has 1 aliphatic carbocycles. The molecule has 2 aromatic carbocycles. The number of nitrogens with zero attached hydrogens (tertiary/aromatic N) is 6. The van der Waals surface area contributed by atoms with Gasteiger partial charge in [0.2, 0.25) is 11.8 Å². The first-order valence-electron chi connectivity index (χ1n) is 18.1. The first kappa shape index (κ1) is 34.9. The summed E-state index contributed by atoms with van der Waals surface area (Å²) in [7, 11) is 0. The molecule has 4 amide bonds. The lowest BCUT2D eigenvalue weighted by Gasteiger charge is -2.41. The summed E-state index contributed by atoms with van der Waals surface area (Å²) in [6.07, 6.45) is 5.38. The highest BCUT2D eigenvalue weighted by molar-refractivity contribution is 6.31. The monoisotopic (exact) mass is 740 g/mol. The van der Waals surface area contributed by atoms with Crippen LogP contribution in [0.3, 0.4) is 0 Å². The maximum atomic E-state index is 15.5. The van der Waals surface area contributed by atoms with E-state index >= 15 is 4.39 Å². The SMILES string of the molecule is N#Cc1ccc(OC2CCC(NC(=O)c3ccc(N4CC5CCC(C4)N5Cc4cc5c(cc4F)C(=O)N(C4CCC(=O)NC4=O)C5)nn3)CC2)cc1Cl. The van der Waals surface area contributed by atoms with Gasteiger partial charge in [-0.3, -0.25) is 29.4 Å². The lowest BCUT2D eigenvalue weighted by molar-refractivity contribution is -0.136. The molecule has 2 N–H and O–H groups in total. The fourth-order valence-electron chi connectivity index (χ4n) is 8.45. The number of imide groups is 1. The highest BCUT2D eigenvalue weighted by Gasteiger charge is 2.42. The standard InChI is InChI=1S/C38H38ClFN8O5/c39-30-14-28(6-1-21(30)16-41)53-27-7-2-24(3-8-27)42-36(50)32-9-11-34(45-44-32)46-19-25-4-5-26(20-46)47(25)18-23-13-22-17-48(38(52)29(22)15-31(23)40)33-10-12-35(49)43-37(33)51/h1,6,9,11,13-15,24-27,33H,2-5,7-8,10,12,17-20H2,(H,42,50)(H,43,49,51). The van der Waals surface area contributed by atoms with Crippen molar-refractivity contribution in [1.82, 2.24) is 30.6 Å². The predicted molar refractivity (Wildman–Crippen MR) is 189 cm³/mol. The van der Waals surface area contributed by atoms with E-state index in [-0.39, 0.29) is 72.6 Å². The highest BCUT2D eigenvalue weighted by Crippen LogP contribution is 2.36. The predicted octanol–water partition coefficient (Wildman–Crippen LogP) is 3.87. The lowest BCUT2D eigenvalue weighted by atomic mass is 9.93. The van der Waals surface area contributed by atoms with Gasteiger partial charge in [0.15, 0.2) is 11.5 Å². The molecule has 274 valence electrons. The van der Waals surface area contributed by atoms with Crippen molar-refractivity contribution in [2.24, 2.45) is 0 Å². The second kappa shape index (κ2) is 14.4. The number of ether oxygens (including phenoxy) is 1. The molecular formula is C38H38ClFN8O5. The van der Waals surface area contributed by atoms with Crippen molar-refractivity contribution in [3.8, 4) is 11.8 Å². The summed E-state index contributed by atoms with van der Waals surface area (Å²) >= 11 is 6.14. The molecule has 8 rings (SSSR count). The summed E-state index contributed by atoms with van der Waals surface area (Å²) in [4.78, 5) is 56.2. The number of nitrogens with one attached hydrogen (secondary N) is 2. The molecule has 3 unspecified atom stereocenters. The molecule has 5 aliphatic rings. The zero-order valence-electron chi connectivity index (χ0n) is 28.9. The van der Waals surface area contributed by atoms with E-state index in [4.69, 9.17) is 21.6 Å². The first-order chi connectivity index (χ1) is 25.6. The van der Waals surface area contributed by atoms with Crippen LogP contribution in [-0.2, 0) is 22.7 Å². The van der Waals surface area contributed by atoms with Gasteiger partial charge in [-0.05, 0) is 86.9 Å². The Morgan fingerprint density at radius 3 is 2.45 bits per heavy atom. The summed E-state index contributed by atoms with van der Waals surface area (Å²) in [5.74, 6) is -0.631. The molecule has 3 atom stereocenters. The van der Waals surface area contributed by atoms with E-state index in [9.17, 15) is 19.2 Å². The fourth-order valence-corrected chi connectivity index (χ4v) is 8.66. The van der Waals surface area contributed by atoms with Gasteiger partial charge in [0.1, 0.15) is 23.7 Å². The Balaban J connectivity index is 0.836. The number of nitriles is 1. The number of rotatable bonds is 8.